The molecule has 2 saturated heterocycles. The molecule has 33 nitrogen and oxygen atoms in total. The van der Waals surface area contributed by atoms with Gasteiger partial charge in [0.05, 0.1) is 51.9 Å². The van der Waals surface area contributed by atoms with Crippen molar-refractivity contribution in [1.82, 2.24) is 58.0 Å². The standard InChI is InChI=1S/C21H35N3O6.C17H27N3O7.C16H25N3O2S.C10H19NO2.C9H17NO2.C9H19NO2.CH4/c1-16(2)21(28)23-13-15-29-14-12-22-18(25)8-6-4-5-7-9-20(27)30-24-17(3)10-11-19(24)26;1-12(2)17(25)19-9-11-26-10-8-18-13(21)4-3-5-16(24)27-20-14(22)6-7-15(20)23;1-12(2)15(20)17-8-10-21-11-9-18-16(22)19-14-6-4-13(3)5-7-14;1-8(2)10(13)11-7-5-4-6-9(3)12;1-7(2)9(12)10-6-4-5-8(3)11;1-4-6-12-7-5-10-9(11)8(2)3;/h16H,3-15H2,1-2H3,(H,22,25)(H,23,28);12H,3-11H2,1-2H3,(H,18,21)(H,19,25);4-7,12H,8-11H2,1-3H3,(H,17,20)(H2,18,19,22);8H,4-7H2,1-3H3,(H,11,13);7H,4-6H2,1-3H3,(H,10,12);8H,4-7H2,1-3H3,(H,10,11);1H4. The first kappa shape index (κ1) is 114. The number of rotatable bonds is 52. The predicted molar refractivity (Wildman–Crippen MR) is 453 cm³/mol. The molecule has 0 aliphatic carbocycles. The number of nitrogens with zero attached hydrogens (tertiary/aromatic N) is 2. The maximum absolute atomic E-state index is 11.8. The molecule has 2 aliphatic heterocycles. The number of amides is 11. The second-order valence-corrected chi connectivity index (χ2v) is 29.5. The fourth-order valence-electron chi connectivity index (χ4n) is 8.77. The van der Waals surface area contributed by atoms with E-state index in [9.17, 15) is 71.9 Å². The van der Waals surface area contributed by atoms with Crippen LogP contribution in [0.25, 0.3) is 0 Å². The van der Waals surface area contributed by atoms with Gasteiger partial charge in [0.15, 0.2) is 5.11 Å². The quantitative estimate of drug-likeness (QED) is 0.0167. The molecule has 0 radical (unpaired) electrons. The van der Waals surface area contributed by atoms with Crippen molar-refractivity contribution in [2.45, 2.75) is 240 Å². The largest absolute Gasteiger partial charge is 0.380 e. The number of aryl methyl sites for hydroxylation is 1. The third-order valence-corrected chi connectivity index (χ3v) is 16.0. The lowest BCUT2D eigenvalue weighted by Crippen LogP contribution is -2.33. The first-order valence-corrected chi connectivity index (χ1v) is 41.2. The van der Waals surface area contributed by atoms with Crippen LogP contribution in [-0.2, 0) is 101 Å². The Morgan fingerprint density at radius 3 is 1.04 bits per heavy atom. The second kappa shape index (κ2) is 73.5. The van der Waals surface area contributed by atoms with Crippen LogP contribution in [0.2, 0.25) is 0 Å². The molecule has 11 amide bonds. The van der Waals surface area contributed by atoms with Crippen molar-refractivity contribution in [3.63, 3.8) is 0 Å². The molecule has 0 saturated carbocycles. The Balaban J connectivity index is -0.000000679. The SMILES string of the molecule is C.C=C1CCC(=O)N1OC(=O)CCCCCCC(=O)NCCOCCNC(=O)C(C)C.CC(=O)CCCCNC(=O)C(C)C.CC(=O)CCCNC(=O)C(C)C.CC(C)C(=O)NCCOCCNC(=O)CCCC(=O)ON1C(=O)CCC1=O.CCCOCCNC(=O)C(C)C.Cc1ccc(NC(=S)NCCOCCNC(=O)C(C)C)cc1. The monoisotopic (exact) mass is 1680 g/mol. The fourth-order valence-corrected chi connectivity index (χ4v) is 8.99. The summed E-state index contributed by atoms with van der Waals surface area (Å²) in [5.41, 5.74) is 2.69. The molecule has 0 unspecified atom stereocenters. The molecule has 10 N–H and O–H groups in total. The molecule has 0 aromatic heterocycles. The lowest BCUT2D eigenvalue weighted by molar-refractivity contribution is -0.197. The maximum Gasteiger partial charge on any atom is 0.333 e. The minimum absolute atomic E-state index is 0. The summed E-state index contributed by atoms with van der Waals surface area (Å²) in [7, 11) is 0. The van der Waals surface area contributed by atoms with Crippen LogP contribution in [0.4, 0.5) is 5.69 Å². The van der Waals surface area contributed by atoms with E-state index in [4.69, 9.17) is 40.8 Å². The number of Topliss-reactive ketones (excluding diaryl/α,β-unsaturated/α-hetero) is 2. The van der Waals surface area contributed by atoms with E-state index in [0.717, 1.165) is 62.3 Å². The number of unbranched alkanes of at least 4 members (excludes halogenated alkanes) is 4. The fraction of sp³-hybridized carbons (Fsp3) is 0.711. The Hall–Kier alpha value is -8.86. The van der Waals surface area contributed by atoms with Gasteiger partial charge in [-0.25, -0.2) is 9.59 Å². The van der Waals surface area contributed by atoms with Gasteiger partial charge in [0.25, 0.3) is 17.7 Å². The van der Waals surface area contributed by atoms with Gasteiger partial charge in [0.1, 0.15) is 11.6 Å². The Morgan fingerprint density at radius 2 is 0.675 bits per heavy atom. The number of hydrogen-bond acceptors (Lipinski definition) is 22. The molecule has 0 spiro atoms. The molecular weight excluding hydrogens is 1530 g/mol. The Labute approximate surface area is 701 Å². The molecule has 670 valence electrons. The molecule has 3 rings (SSSR count). The molecule has 117 heavy (non-hydrogen) atoms. The topological polar surface area (TPSA) is 438 Å². The van der Waals surface area contributed by atoms with E-state index in [1.807, 2.05) is 100 Å². The summed E-state index contributed by atoms with van der Waals surface area (Å²) >= 11 is 5.20. The summed E-state index contributed by atoms with van der Waals surface area (Å²) in [6.07, 6.45) is 9.61. The van der Waals surface area contributed by atoms with Crippen LogP contribution in [-0.4, -0.2) is 215 Å². The van der Waals surface area contributed by atoms with E-state index in [-0.39, 0.29) is 146 Å². The number of carbonyl (C=O) groups is 15. The van der Waals surface area contributed by atoms with Crippen LogP contribution < -0.4 is 53.2 Å². The lowest BCUT2D eigenvalue weighted by Gasteiger charge is -2.15. The first-order valence-electron chi connectivity index (χ1n) is 40.8. The Bertz CT molecular complexity index is 3050. The highest BCUT2D eigenvalue weighted by Crippen LogP contribution is 2.22. The second-order valence-electron chi connectivity index (χ2n) is 29.1. The number of carbonyl (C=O) groups excluding carboxylic acids is 15. The minimum atomic E-state index is -0.724. The number of nitrogens with one attached hydrogen (secondary N) is 10. The smallest absolute Gasteiger partial charge is 0.333 e. The number of allylic oxidation sites excluding steroid dienone is 1. The lowest BCUT2D eigenvalue weighted by atomic mass is 10.1. The van der Waals surface area contributed by atoms with Gasteiger partial charge in [-0.3, -0.25) is 52.7 Å². The number of ketones is 2. The summed E-state index contributed by atoms with van der Waals surface area (Å²) in [4.78, 5) is 179. The number of hydrogen-bond donors (Lipinski definition) is 10. The molecule has 0 bridgehead atoms. The zero-order valence-corrected chi connectivity index (χ0v) is 73.1. The van der Waals surface area contributed by atoms with Crippen molar-refractivity contribution >= 4 is 112 Å². The Morgan fingerprint density at radius 1 is 0.376 bits per heavy atom. The molecule has 2 aliphatic rings. The third kappa shape index (κ3) is 69.9. The summed E-state index contributed by atoms with van der Waals surface area (Å²) in [6, 6.07) is 8.02. The number of thiocarbonyl (C=S) groups is 1. The molecule has 1 aromatic carbocycles. The predicted octanol–water partition coefficient (Wildman–Crippen LogP) is 8.03. The summed E-state index contributed by atoms with van der Waals surface area (Å²) < 4.78 is 21.2. The summed E-state index contributed by atoms with van der Waals surface area (Å²) in [6.45, 7) is 41.7. The number of anilines is 1. The van der Waals surface area contributed by atoms with Gasteiger partial charge in [0, 0.05) is 164 Å². The number of hydroxylamine groups is 4. The van der Waals surface area contributed by atoms with E-state index in [1.54, 1.807) is 27.7 Å². The zero-order chi connectivity index (χ0) is 88.2. The highest BCUT2D eigenvalue weighted by atomic mass is 32.1. The van der Waals surface area contributed by atoms with Gasteiger partial charge < -0.3 is 91.4 Å². The summed E-state index contributed by atoms with van der Waals surface area (Å²) in [5.74, 6) is -2.07. The van der Waals surface area contributed by atoms with Gasteiger partial charge in [-0.1, -0.05) is 135 Å². The van der Waals surface area contributed by atoms with Gasteiger partial charge in [-0.15, -0.1) is 10.1 Å². The van der Waals surface area contributed by atoms with Crippen molar-refractivity contribution in [1.29, 1.82) is 0 Å². The van der Waals surface area contributed by atoms with E-state index in [1.165, 1.54) is 5.56 Å². The van der Waals surface area contributed by atoms with Crippen LogP contribution in [0, 0.1) is 42.4 Å². The van der Waals surface area contributed by atoms with Crippen LogP contribution in [0.15, 0.2) is 36.5 Å². The summed E-state index contributed by atoms with van der Waals surface area (Å²) in [5, 5.41) is 30.3. The van der Waals surface area contributed by atoms with Gasteiger partial charge in [-0.05, 0) is 96.5 Å². The number of benzene rings is 1. The van der Waals surface area contributed by atoms with Crippen LogP contribution in [0.5, 0.6) is 0 Å². The molecule has 1 aromatic rings. The van der Waals surface area contributed by atoms with Crippen LogP contribution in [0.3, 0.4) is 0 Å². The van der Waals surface area contributed by atoms with E-state index < -0.39 is 23.8 Å². The van der Waals surface area contributed by atoms with E-state index in [2.05, 4.69) is 66.7 Å². The Kier molecular flexibility index (Phi) is 71.9. The zero-order valence-electron chi connectivity index (χ0n) is 72.3. The molecule has 0 atom stereocenters. The maximum atomic E-state index is 11.8. The number of imide groups is 1. The normalized spacial score (nSPS) is 11.8. The average Bonchev–Trinajstić information content (AvgIpc) is 1.74. The van der Waals surface area contributed by atoms with Crippen LogP contribution in [0.1, 0.15) is 239 Å². The third-order valence-electron chi connectivity index (χ3n) is 15.8. The van der Waals surface area contributed by atoms with E-state index in [0.29, 0.717) is 160 Å². The van der Waals surface area contributed by atoms with Crippen molar-refractivity contribution < 1.29 is 101 Å². The van der Waals surface area contributed by atoms with Crippen molar-refractivity contribution in [3.05, 3.63) is 42.1 Å². The van der Waals surface area contributed by atoms with Crippen LogP contribution >= 0.6 is 12.2 Å². The minimum Gasteiger partial charge on any atom is -0.380 e. The molecular formula is C83H146N12O21S. The van der Waals surface area contributed by atoms with Gasteiger partial charge in [-0.2, -0.15) is 0 Å². The van der Waals surface area contributed by atoms with E-state index >= 15 is 0 Å². The number of ether oxygens (including phenoxy) is 4. The highest BCUT2D eigenvalue weighted by molar-refractivity contribution is 7.80. The molecule has 2 fully saturated rings. The van der Waals surface area contributed by atoms with Crippen molar-refractivity contribution in [2.75, 3.05) is 117 Å². The highest BCUT2D eigenvalue weighted by Gasteiger charge is 2.33. The van der Waals surface area contributed by atoms with Gasteiger partial charge in [0.2, 0.25) is 47.3 Å². The average molecular weight is 1680 g/mol. The molecule has 34 heteroatoms. The van der Waals surface area contributed by atoms with Crippen molar-refractivity contribution in [2.24, 2.45) is 35.5 Å². The first-order chi connectivity index (χ1) is 54.9. The van der Waals surface area contributed by atoms with Crippen molar-refractivity contribution in [3.8, 4) is 0 Å². The molecule has 2 heterocycles. The van der Waals surface area contributed by atoms with Gasteiger partial charge >= 0.3 is 11.9 Å².